The van der Waals surface area contributed by atoms with Gasteiger partial charge in [0.25, 0.3) is 0 Å². The fourth-order valence-electron chi connectivity index (χ4n) is 3.10. The maximum atomic E-state index is 12.8. The van der Waals surface area contributed by atoms with Gasteiger partial charge in [-0.25, -0.2) is 13.4 Å². The van der Waals surface area contributed by atoms with Crippen LogP contribution in [0.4, 0.5) is 0 Å². The van der Waals surface area contributed by atoms with Crippen molar-refractivity contribution in [3.05, 3.63) is 24.0 Å². The second kappa shape index (κ2) is 8.59. The van der Waals surface area contributed by atoms with Crippen LogP contribution in [0.3, 0.4) is 0 Å². The first kappa shape index (κ1) is 20.1. The van der Waals surface area contributed by atoms with Crippen LogP contribution in [0, 0.1) is 6.92 Å². The van der Waals surface area contributed by atoms with Crippen molar-refractivity contribution in [2.24, 2.45) is 0 Å². The van der Waals surface area contributed by atoms with Crippen molar-refractivity contribution in [3.63, 3.8) is 0 Å². The molecule has 0 spiro atoms. The second-order valence-electron chi connectivity index (χ2n) is 6.26. The topological polar surface area (TPSA) is 93.5 Å². The van der Waals surface area contributed by atoms with Gasteiger partial charge in [0.05, 0.1) is 34.9 Å². The molecule has 0 saturated carbocycles. The predicted octanol–water partition coefficient (Wildman–Crippen LogP) is 0.845. The van der Waals surface area contributed by atoms with Crippen LogP contribution in [0.2, 0.25) is 0 Å². The van der Waals surface area contributed by atoms with Crippen LogP contribution in [0.15, 0.2) is 23.1 Å². The number of hydrogen-bond acceptors (Lipinski definition) is 6. The molecule has 1 aromatic heterocycles. The van der Waals surface area contributed by atoms with Gasteiger partial charge < -0.3 is 14.6 Å². The number of carbonyl (C=O) groups is 1. The molecule has 1 aliphatic heterocycles. The Hall–Kier alpha value is -1.62. The Bertz CT molecular complexity index is 920. The highest BCUT2D eigenvalue weighted by molar-refractivity contribution is 7.99. The van der Waals surface area contributed by atoms with E-state index in [9.17, 15) is 13.2 Å². The molecule has 0 atom stereocenters. The minimum absolute atomic E-state index is 0.00321. The van der Waals surface area contributed by atoms with Gasteiger partial charge in [0.1, 0.15) is 5.82 Å². The zero-order valence-electron chi connectivity index (χ0n) is 15.5. The summed E-state index contributed by atoms with van der Waals surface area (Å²) in [5.74, 6) is 1.22. The number of nitrogens with zero attached hydrogens (tertiary/aromatic N) is 3. The molecule has 0 bridgehead atoms. The van der Waals surface area contributed by atoms with Gasteiger partial charge in [-0.1, -0.05) is 0 Å². The third-order valence-electron chi connectivity index (χ3n) is 4.45. The van der Waals surface area contributed by atoms with Crippen molar-refractivity contribution in [2.45, 2.75) is 18.4 Å². The molecule has 1 saturated heterocycles. The van der Waals surface area contributed by atoms with E-state index in [-0.39, 0.29) is 10.8 Å². The molecule has 148 valence electrons. The fourth-order valence-corrected chi connectivity index (χ4v) is 4.89. The van der Waals surface area contributed by atoms with Crippen LogP contribution in [0.5, 0.6) is 0 Å². The largest absolute Gasteiger partial charge is 0.379 e. The van der Waals surface area contributed by atoms with Gasteiger partial charge in [-0.15, -0.1) is 0 Å². The molecule has 1 fully saturated rings. The molecule has 8 nitrogen and oxygen atoms in total. The lowest BCUT2D eigenvalue weighted by atomic mass is 10.3. The number of sulfonamides is 1. The number of aromatic nitrogens is 2. The van der Waals surface area contributed by atoms with Crippen LogP contribution >= 0.6 is 11.8 Å². The zero-order valence-corrected chi connectivity index (χ0v) is 17.1. The number of rotatable bonds is 7. The molecule has 3 rings (SSSR count). The lowest BCUT2D eigenvalue weighted by Gasteiger charge is -2.26. The van der Waals surface area contributed by atoms with E-state index < -0.39 is 10.0 Å². The molecule has 0 unspecified atom stereocenters. The quantitative estimate of drug-likeness (QED) is 0.725. The smallest absolute Gasteiger partial charge is 0.243 e. The van der Waals surface area contributed by atoms with E-state index in [4.69, 9.17) is 4.74 Å². The summed E-state index contributed by atoms with van der Waals surface area (Å²) in [6, 6.07) is 5.03. The zero-order chi connectivity index (χ0) is 19.4. The number of benzene rings is 1. The van der Waals surface area contributed by atoms with Crippen molar-refractivity contribution >= 4 is 38.7 Å². The van der Waals surface area contributed by atoms with Crippen LogP contribution in [0.25, 0.3) is 11.0 Å². The highest BCUT2D eigenvalue weighted by atomic mass is 32.2. The maximum absolute atomic E-state index is 12.8. The molecule has 1 N–H and O–H groups in total. The van der Waals surface area contributed by atoms with E-state index in [1.54, 1.807) is 18.2 Å². The molecule has 27 heavy (non-hydrogen) atoms. The monoisotopic (exact) mass is 412 g/mol. The minimum Gasteiger partial charge on any atom is -0.379 e. The maximum Gasteiger partial charge on any atom is 0.243 e. The van der Waals surface area contributed by atoms with E-state index in [1.807, 2.05) is 17.7 Å². The number of imidazole rings is 1. The molecule has 1 aromatic carbocycles. The van der Waals surface area contributed by atoms with Crippen molar-refractivity contribution in [1.82, 2.24) is 19.2 Å². The molecule has 10 heteroatoms. The van der Waals surface area contributed by atoms with Crippen molar-refractivity contribution < 1.29 is 17.9 Å². The Kier molecular flexibility index (Phi) is 6.40. The molecule has 2 heterocycles. The first-order valence-corrected chi connectivity index (χ1v) is 11.6. The van der Waals surface area contributed by atoms with Gasteiger partial charge in [0.15, 0.2) is 0 Å². The van der Waals surface area contributed by atoms with Gasteiger partial charge in [-0.3, -0.25) is 4.79 Å². The molecule has 0 aliphatic carbocycles. The normalized spacial score (nSPS) is 15.9. The van der Waals surface area contributed by atoms with Crippen molar-refractivity contribution in [3.8, 4) is 0 Å². The Morgan fingerprint density at radius 1 is 1.33 bits per heavy atom. The Labute approximate surface area is 163 Å². The number of amides is 1. The fraction of sp³-hybridized carbons (Fsp3) is 0.529. The number of aryl methyl sites for hydroxylation is 1. The van der Waals surface area contributed by atoms with Crippen molar-refractivity contribution in [1.29, 1.82) is 0 Å². The summed E-state index contributed by atoms with van der Waals surface area (Å²) < 4.78 is 34.3. The van der Waals surface area contributed by atoms with Crippen LogP contribution in [-0.2, 0) is 26.1 Å². The van der Waals surface area contributed by atoms with E-state index in [2.05, 4.69) is 10.3 Å². The number of nitrogens with one attached hydrogen (secondary N) is 1. The number of thioether (sulfide) groups is 1. The number of morpholine rings is 1. The molecule has 2 aromatic rings. The average Bonchev–Trinajstić information content (AvgIpc) is 2.97. The van der Waals surface area contributed by atoms with Crippen LogP contribution < -0.4 is 5.32 Å². The van der Waals surface area contributed by atoms with E-state index >= 15 is 0 Å². The molecule has 0 radical (unpaired) electrons. The SMILES string of the molecule is CSCC(=O)NCCn1c(C)nc2cc(S(=O)(=O)N3CCOCC3)ccc21. The summed E-state index contributed by atoms with van der Waals surface area (Å²) in [6.07, 6.45) is 1.88. The van der Waals surface area contributed by atoms with Crippen molar-refractivity contribution in [2.75, 3.05) is 44.9 Å². The van der Waals surface area contributed by atoms with Gasteiger partial charge in [-0.05, 0) is 31.4 Å². The van der Waals surface area contributed by atoms with Gasteiger partial charge >= 0.3 is 0 Å². The number of carbonyl (C=O) groups excluding carboxylic acids is 1. The lowest BCUT2D eigenvalue weighted by Crippen LogP contribution is -2.40. The predicted molar refractivity (Wildman–Crippen MR) is 105 cm³/mol. The number of fused-ring (bicyclic) bond motifs is 1. The molecule has 1 aliphatic rings. The lowest BCUT2D eigenvalue weighted by molar-refractivity contribution is -0.118. The summed E-state index contributed by atoms with van der Waals surface area (Å²) in [5, 5.41) is 2.87. The van der Waals surface area contributed by atoms with Gasteiger partial charge in [0.2, 0.25) is 15.9 Å². The third kappa shape index (κ3) is 4.45. The van der Waals surface area contributed by atoms with E-state index in [0.29, 0.717) is 50.7 Å². The third-order valence-corrected chi connectivity index (χ3v) is 6.90. The average molecular weight is 413 g/mol. The van der Waals surface area contributed by atoms with Gasteiger partial charge in [-0.2, -0.15) is 16.1 Å². The first-order valence-electron chi connectivity index (χ1n) is 8.74. The molecular weight excluding hydrogens is 388 g/mol. The minimum atomic E-state index is -3.55. The number of ether oxygens (including phenoxy) is 1. The Balaban J connectivity index is 1.80. The molecular formula is C17H24N4O4S2. The standard InChI is InChI=1S/C17H24N4O4S2/c1-13-19-15-11-14(27(23,24)20-7-9-25-10-8-20)3-4-16(15)21(13)6-5-18-17(22)12-26-2/h3-4,11H,5-10,12H2,1-2H3,(H,18,22). The summed E-state index contributed by atoms with van der Waals surface area (Å²) in [6.45, 7) is 4.51. The van der Waals surface area contributed by atoms with E-state index in [1.165, 1.54) is 16.1 Å². The second-order valence-corrected chi connectivity index (χ2v) is 9.06. The summed E-state index contributed by atoms with van der Waals surface area (Å²) in [7, 11) is -3.55. The summed E-state index contributed by atoms with van der Waals surface area (Å²) >= 11 is 1.48. The number of hydrogen-bond donors (Lipinski definition) is 1. The highest BCUT2D eigenvalue weighted by Gasteiger charge is 2.27. The molecule has 1 amide bonds. The van der Waals surface area contributed by atoms with E-state index in [0.717, 1.165) is 11.3 Å². The highest BCUT2D eigenvalue weighted by Crippen LogP contribution is 2.23. The summed E-state index contributed by atoms with van der Waals surface area (Å²) in [4.78, 5) is 16.3. The van der Waals surface area contributed by atoms with Crippen LogP contribution in [-0.4, -0.2) is 73.0 Å². The Morgan fingerprint density at radius 2 is 2.07 bits per heavy atom. The first-order chi connectivity index (χ1) is 12.9. The van der Waals surface area contributed by atoms with Gasteiger partial charge in [0, 0.05) is 26.2 Å². The Morgan fingerprint density at radius 3 is 2.78 bits per heavy atom. The van der Waals surface area contributed by atoms with Crippen LogP contribution in [0.1, 0.15) is 5.82 Å². The summed E-state index contributed by atoms with van der Waals surface area (Å²) in [5.41, 5.74) is 1.49.